The van der Waals surface area contributed by atoms with Gasteiger partial charge in [-0.3, -0.25) is 9.98 Å². The van der Waals surface area contributed by atoms with Crippen LogP contribution < -0.4 is 0 Å². The number of aromatic nitrogens is 1. The van der Waals surface area contributed by atoms with Crippen molar-refractivity contribution in [2.75, 3.05) is 0 Å². The van der Waals surface area contributed by atoms with Gasteiger partial charge in [-0.25, -0.2) is 0 Å². The van der Waals surface area contributed by atoms with Crippen molar-refractivity contribution >= 4 is 11.9 Å². The first-order valence-corrected chi connectivity index (χ1v) is 6.13. The molecule has 3 rings (SSSR count). The Hall–Kier alpha value is -2.17. The first-order chi connectivity index (χ1) is 9.53. The Bertz CT molecular complexity index is 650. The Morgan fingerprint density at radius 1 is 1.05 bits per heavy atom. The first kappa shape index (κ1) is 12.8. The predicted molar refractivity (Wildman–Crippen MR) is 70.3 cm³/mol. The summed E-state index contributed by atoms with van der Waals surface area (Å²) < 4.78 is 41.0. The van der Waals surface area contributed by atoms with Gasteiger partial charge >= 0.3 is 6.18 Å². The van der Waals surface area contributed by atoms with Crippen LogP contribution in [0, 0.1) is 0 Å². The third-order valence-corrected chi connectivity index (χ3v) is 3.58. The molecule has 2 heterocycles. The standard InChI is InChI=1S/C15H11F3N2/c16-15(17,18)14(12-4-2-1-3-5-12)8-11-6-7-19-9-13(11)20-10-14/h1-7,9-10H,8H2/t14-/m0/s1. The quantitative estimate of drug-likeness (QED) is 0.776. The molecular formula is C15H11F3N2. The fourth-order valence-electron chi connectivity index (χ4n) is 2.46. The highest BCUT2D eigenvalue weighted by Crippen LogP contribution is 2.45. The summed E-state index contributed by atoms with van der Waals surface area (Å²) in [5.41, 5.74) is -0.798. The summed E-state index contributed by atoms with van der Waals surface area (Å²) in [4.78, 5) is 7.87. The lowest BCUT2D eigenvalue weighted by molar-refractivity contribution is -0.168. The van der Waals surface area contributed by atoms with Gasteiger partial charge in [0.25, 0.3) is 0 Å². The average molecular weight is 276 g/mol. The molecule has 20 heavy (non-hydrogen) atoms. The molecule has 0 N–H and O–H groups in total. The van der Waals surface area contributed by atoms with E-state index < -0.39 is 11.6 Å². The number of fused-ring (bicyclic) bond motifs is 1. The topological polar surface area (TPSA) is 25.2 Å². The van der Waals surface area contributed by atoms with E-state index >= 15 is 0 Å². The third-order valence-electron chi connectivity index (χ3n) is 3.58. The zero-order valence-corrected chi connectivity index (χ0v) is 10.4. The molecule has 2 aromatic rings. The molecule has 0 radical (unpaired) electrons. The molecule has 5 heteroatoms. The van der Waals surface area contributed by atoms with Gasteiger partial charge in [0.2, 0.25) is 0 Å². The van der Waals surface area contributed by atoms with Gasteiger partial charge in [-0.1, -0.05) is 30.3 Å². The summed E-state index contributed by atoms with van der Waals surface area (Å²) in [5.74, 6) is 0. The van der Waals surface area contributed by atoms with E-state index in [1.807, 2.05) is 0 Å². The van der Waals surface area contributed by atoms with Gasteiger partial charge < -0.3 is 0 Å². The Morgan fingerprint density at radius 3 is 2.50 bits per heavy atom. The van der Waals surface area contributed by atoms with Crippen LogP contribution in [-0.4, -0.2) is 17.4 Å². The highest BCUT2D eigenvalue weighted by molar-refractivity contribution is 5.81. The normalized spacial score (nSPS) is 21.6. The summed E-state index contributed by atoms with van der Waals surface area (Å²) in [6.45, 7) is 0. The van der Waals surface area contributed by atoms with E-state index in [4.69, 9.17) is 0 Å². The maximum Gasteiger partial charge on any atom is 0.403 e. The van der Waals surface area contributed by atoms with Crippen molar-refractivity contribution in [2.24, 2.45) is 4.99 Å². The minimum atomic E-state index is -4.40. The van der Waals surface area contributed by atoms with Gasteiger partial charge in [0.1, 0.15) is 5.41 Å². The van der Waals surface area contributed by atoms with Crippen LogP contribution >= 0.6 is 0 Å². The van der Waals surface area contributed by atoms with Crippen LogP contribution in [0.5, 0.6) is 0 Å². The van der Waals surface area contributed by atoms with Crippen molar-refractivity contribution in [1.29, 1.82) is 0 Å². The number of pyridine rings is 1. The highest BCUT2D eigenvalue weighted by Gasteiger charge is 2.56. The second-order valence-corrected chi connectivity index (χ2v) is 4.77. The number of rotatable bonds is 1. The Balaban J connectivity index is 2.17. The lowest BCUT2D eigenvalue weighted by Crippen LogP contribution is -2.46. The van der Waals surface area contributed by atoms with Crippen LogP contribution in [0.4, 0.5) is 18.9 Å². The molecule has 1 atom stereocenters. The zero-order chi connectivity index (χ0) is 14.2. The molecular weight excluding hydrogens is 265 g/mol. The lowest BCUT2D eigenvalue weighted by Gasteiger charge is -2.35. The molecule has 0 saturated heterocycles. The summed E-state index contributed by atoms with van der Waals surface area (Å²) >= 11 is 0. The monoisotopic (exact) mass is 276 g/mol. The molecule has 102 valence electrons. The minimum absolute atomic E-state index is 0.151. The second kappa shape index (κ2) is 4.44. The zero-order valence-electron chi connectivity index (χ0n) is 10.4. The second-order valence-electron chi connectivity index (χ2n) is 4.77. The average Bonchev–Trinajstić information content (AvgIpc) is 2.46. The van der Waals surface area contributed by atoms with Gasteiger partial charge in [-0.15, -0.1) is 0 Å². The van der Waals surface area contributed by atoms with E-state index in [-0.39, 0.29) is 12.0 Å². The number of hydrogen-bond acceptors (Lipinski definition) is 2. The largest absolute Gasteiger partial charge is 0.403 e. The van der Waals surface area contributed by atoms with Crippen LogP contribution in [0.15, 0.2) is 53.8 Å². The highest BCUT2D eigenvalue weighted by atomic mass is 19.4. The van der Waals surface area contributed by atoms with E-state index in [0.29, 0.717) is 11.3 Å². The molecule has 0 amide bonds. The van der Waals surface area contributed by atoms with Crippen LogP contribution in [0.25, 0.3) is 0 Å². The van der Waals surface area contributed by atoms with E-state index in [2.05, 4.69) is 9.98 Å². The molecule has 0 bridgehead atoms. The van der Waals surface area contributed by atoms with E-state index in [1.54, 1.807) is 24.3 Å². The summed E-state index contributed by atoms with van der Waals surface area (Å²) in [6, 6.07) is 9.50. The molecule has 1 aliphatic heterocycles. The van der Waals surface area contributed by atoms with Crippen molar-refractivity contribution < 1.29 is 13.2 Å². The molecule has 0 unspecified atom stereocenters. The van der Waals surface area contributed by atoms with Crippen LogP contribution in [0.3, 0.4) is 0 Å². The van der Waals surface area contributed by atoms with Crippen LogP contribution in [0.1, 0.15) is 11.1 Å². The van der Waals surface area contributed by atoms with Crippen molar-refractivity contribution in [3.63, 3.8) is 0 Å². The molecule has 0 aliphatic carbocycles. The number of benzene rings is 1. The van der Waals surface area contributed by atoms with E-state index in [0.717, 1.165) is 6.21 Å². The number of halogens is 3. The van der Waals surface area contributed by atoms with Gasteiger partial charge in [0.15, 0.2) is 0 Å². The summed E-state index contributed by atoms with van der Waals surface area (Å²) in [6.07, 6.45) is -0.573. The molecule has 0 spiro atoms. The molecule has 1 aromatic heterocycles. The maximum atomic E-state index is 13.7. The van der Waals surface area contributed by atoms with Gasteiger partial charge in [-0.2, -0.15) is 13.2 Å². The molecule has 2 nitrogen and oxygen atoms in total. The number of nitrogens with zero attached hydrogens (tertiary/aromatic N) is 2. The van der Waals surface area contributed by atoms with E-state index in [1.165, 1.54) is 24.5 Å². The Labute approximate surface area is 114 Å². The fraction of sp³-hybridized carbons (Fsp3) is 0.200. The Kier molecular flexibility index (Phi) is 2.85. The first-order valence-electron chi connectivity index (χ1n) is 6.13. The van der Waals surface area contributed by atoms with Crippen molar-refractivity contribution in [3.8, 4) is 0 Å². The van der Waals surface area contributed by atoms with E-state index in [9.17, 15) is 13.2 Å². The minimum Gasteiger partial charge on any atom is -0.262 e. The van der Waals surface area contributed by atoms with Gasteiger partial charge in [0, 0.05) is 12.4 Å². The SMILES string of the molecule is FC(F)(F)[C@]1(c2ccccc2)C=Nc2cnccc2C1. The maximum absolute atomic E-state index is 13.7. The fourth-order valence-corrected chi connectivity index (χ4v) is 2.46. The summed E-state index contributed by atoms with van der Waals surface area (Å²) in [5, 5.41) is 0. The number of aliphatic imine (C=N–C) groups is 1. The van der Waals surface area contributed by atoms with Crippen molar-refractivity contribution in [2.45, 2.75) is 18.0 Å². The molecule has 0 saturated carbocycles. The van der Waals surface area contributed by atoms with Gasteiger partial charge in [0.05, 0.1) is 11.9 Å². The number of alkyl halides is 3. The smallest absolute Gasteiger partial charge is 0.262 e. The predicted octanol–water partition coefficient (Wildman–Crippen LogP) is 3.84. The van der Waals surface area contributed by atoms with Crippen LogP contribution in [0.2, 0.25) is 0 Å². The van der Waals surface area contributed by atoms with Crippen molar-refractivity contribution in [1.82, 2.24) is 4.98 Å². The molecule has 1 aromatic carbocycles. The van der Waals surface area contributed by atoms with Crippen LogP contribution in [-0.2, 0) is 11.8 Å². The number of hydrogen-bond donors (Lipinski definition) is 0. The third kappa shape index (κ3) is 1.90. The summed E-state index contributed by atoms with van der Waals surface area (Å²) in [7, 11) is 0. The van der Waals surface area contributed by atoms with Gasteiger partial charge in [-0.05, 0) is 23.6 Å². The lowest BCUT2D eigenvalue weighted by atomic mass is 9.74. The molecule has 0 fully saturated rings. The van der Waals surface area contributed by atoms with Crippen molar-refractivity contribution in [3.05, 3.63) is 59.9 Å². The molecule has 1 aliphatic rings. The Morgan fingerprint density at radius 2 is 1.80 bits per heavy atom.